The van der Waals surface area contributed by atoms with Crippen LogP contribution in [0.1, 0.15) is 0 Å². The molecule has 0 atom stereocenters. The number of para-hydroxylation sites is 1. The number of methoxy groups -OCH3 is 1. The number of rotatable bonds is 5. The predicted octanol–water partition coefficient (Wildman–Crippen LogP) is 5.00. The van der Waals surface area contributed by atoms with Crippen LogP contribution in [0, 0.1) is 0 Å². The summed E-state index contributed by atoms with van der Waals surface area (Å²) in [6, 6.07) is 17.8. The minimum atomic E-state index is -3.98. The van der Waals surface area contributed by atoms with E-state index in [9.17, 15) is 8.42 Å². The van der Waals surface area contributed by atoms with Crippen molar-refractivity contribution in [3.63, 3.8) is 0 Å². The Morgan fingerprint density at radius 3 is 2.62 bits per heavy atom. The first-order valence-corrected chi connectivity index (χ1v) is 12.4. The molecule has 0 saturated heterocycles. The van der Waals surface area contributed by atoms with Crippen molar-refractivity contribution in [3.8, 4) is 17.0 Å². The van der Waals surface area contributed by atoms with Crippen molar-refractivity contribution in [2.75, 3.05) is 17.6 Å². The van der Waals surface area contributed by atoms with Gasteiger partial charge in [-0.15, -0.1) is 0 Å². The molecule has 0 aliphatic carbocycles. The molecule has 10 heteroatoms. The number of pyridine rings is 3. The average Bonchev–Trinajstić information content (AvgIpc) is 2.84. The Morgan fingerprint density at radius 2 is 1.79 bits per heavy atom. The Kier molecular flexibility index (Phi) is 5.54. The van der Waals surface area contributed by atoms with Crippen LogP contribution in [0.4, 0.5) is 11.5 Å². The Hall–Kier alpha value is -3.76. The van der Waals surface area contributed by atoms with Gasteiger partial charge in [0.2, 0.25) is 5.88 Å². The summed E-state index contributed by atoms with van der Waals surface area (Å²) in [6.45, 7) is 0. The minimum Gasteiger partial charge on any atom is -0.480 e. The minimum absolute atomic E-state index is 0.0669. The van der Waals surface area contributed by atoms with Gasteiger partial charge in [0.1, 0.15) is 16.4 Å². The van der Waals surface area contributed by atoms with E-state index in [1.54, 1.807) is 30.6 Å². The molecule has 2 aromatic carbocycles. The number of nitrogens with two attached hydrogens (primary N) is 1. The molecule has 0 aliphatic heterocycles. The number of hydrogen-bond acceptors (Lipinski definition) is 7. The van der Waals surface area contributed by atoms with Gasteiger partial charge in [0.05, 0.1) is 22.6 Å². The number of aromatic nitrogens is 3. The van der Waals surface area contributed by atoms with E-state index in [0.29, 0.717) is 21.4 Å². The summed E-state index contributed by atoms with van der Waals surface area (Å²) < 4.78 is 35.3. The Bertz CT molecular complexity index is 1670. The van der Waals surface area contributed by atoms with Crippen molar-refractivity contribution in [1.29, 1.82) is 0 Å². The number of anilines is 2. The first-order chi connectivity index (χ1) is 16.4. The number of nitrogens with one attached hydrogen (secondary N) is 1. The third-order valence-electron chi connectivity index (χ3n) is 5.30. The highest BCUT2D eigenvalue weighted by Gasteiger charge is 2.21. The maximum Gasteiger partial charge on any atom is 0.264 e. The molecule has 0 bridgehead atoms. The van der Waals surface area contributed by atoms with Crippen molar-refractivity contribution in [3.05, 3.63) is 77.5 Å². The lowest BCUT2D eigenvalue weighted by molar-refractivity contribution is 0.400. The molecule has 0 fully saturated rings. The first-order valence-electron chi connectivity index (χ1n) is 10.1. The monoisotopic (exact) mass is 535 g/mol. The molecule has 0 radical (unpaired) electrons. The zero-order valence-corrected chi connectivity index (χ0v) is 20.3. The fraction of sp³-hybridized carbons (Fsp3) is 0.0417. The number of hydrogen-bond donors (Lipinski definition) is 2. The zero-order valence-electron chi connectivity index (χ0n) is 17.9. The van der Waals surface area contributed by atoms with E-state index in [0.717, 1.165) is 21.9 Å². The van der Waals surface area contributed by atoms with Gasteiger partial charge in [0, 0.05) is 28.7 Å². The second-order valence-electron chi connectivity index (χ2n) is 7.48. The molecule has 3 aromatic heterocycles. The summed E-state index contributed by atoms with van der Waals surface area (Å²) in [5.41, 5.74) is 8.74. The zero-order chi connectivity index (χ0) is 23.9. The van der Waals surface area contributed by atoms with Gasteiger partial charge in [-0.05, 0) is 57.9 Å². The smallest absolute Gasteiger partial charge is 0.264 e. The van der Waals surface area contributed by atoms with Gasteiger partial charge in [-0.25, -0.2) is 18.4 Å². The summed E-state index contributed by atoms with van der Waals surface area (Å²) in [5, 5.41) is 1.60. The lowest BCUT2D eigenvalue weighted by atomic mass is 10.0. The average molecular weight is 536 g/mol. The molecule has 170 valence electrons. The molecule has 34 heavy (non-hydrogen) atoms. The van der Waals surface area contributed by atoms with Crippen LogP contribution >= 0.6 is 15.9 Å². The van der Waals surface area contributed by atoms with Crippen LogP contribution in [0.25, 0.3) is 32.9 Å². The van der Waals surface area contributed by atoms with Crippen LogP contribution < -0.4 is 15.2 Å². The van der Waals surface area contributed by atoms with Crippen molar-refractivity contribution < 1.29 is 13.2 Å². The van der Waals surface area contributed by atoms with E-state index in [2.05, 4.69) is 35.6 Å². The van der Waals surface area contributed by atoms with Crippen LogP contribution in [-0.4, -0.2) is 30.5 Å². The maximum absolute atomic E-state index is 13.3. The predicted molar refractivity (Wildman–Crippen MR) is 136 cm³/mol. The van der Waals surface area contributed by atoms with Gasteiger partial charge in [-0.2, -0.15) is 0 Å². The summed E-state index contributed by atoms with van der Waals surface area (Å²) in [4.78, 5) is 13.0. The molecule has 5 rings (SSSR count). The number of nitrogens with zero attached hydrogens (tertiary/aromatic N) is 3. The fourth-order valence-corrected chi connectivity index (χ4v) is 5.25. The topological polar surface area (TPSA) is 120 Å². The second kappa shape index (κ2) is 8.54. The van der Waals surface area contributed by atoms with Crippen LogP contribution in [-0.2, 0) is 10.0 Å². The molecule has 3 heterocycles. The van der Waals surface area contributed by atoms with Gasteiger partial charge in [-0.3, -0.25) is 9.71 Å². The highest BCUT2D eigenvalue weighted by atomic mass is 79.9. The van der Waals surface area contributed by atoms with Crippen LogP contribution in [0.3, 0.4) is 0 Å². The van der Waals surface area contributed by atoms with Crippen LogP contribution in [0.15, 0.2) is 82.4 Å². The first kappa shape index (κ1) is 22.1. The van der Waals surface area contributed by atoms with Gasteiger partial charge < -0.3 is 10.5 Å². The van der Waals surface area contributed by atoms with Crippen molar-refractivity contribution in [2.45, 2.75) is 4.90 Å². The normalized spacial score (nSPS) is 11.6. The summed E-state index contributed by atoms with van der Waals surface area (Å²) in [7, 11) is -2.55. The van der Waals surface area contributed by atoms with Gasteiger partial charge in [0.25, 0.3) is 10.0 Å². The van der Waals surface area contributed by atoms with E-state index in [1.165, 1.54) is 13.2 Å². The van der Waals surface area contributed by atoms with Crippen molar-refractivity contribution in [2.24, 2.45) is 0 Å². The highest BCUT2D eigenvalue weighted by Crippen LogP contribution is 2.33. The lowest BCUT2D eigenvalue weighted by Crippen LogP contribution is -2.15. The molecule has 5 aromatic rings. The standard InChI is InChI=1S/C24H18BrN5O3S/c1-33-24-20(30-34(31,32)21-6-2-4-14-5-3-9-27-22(14)21)12-17(13-28-24)15-7-8-19-16(10-15)11-18(25)23(26)29-19/h2-13,30H,1H3,(H2,26,29). The Labute approximate surface area is 204 Å². The molecule has 0 aliphatic rings. The van der Waals surface area contributed by atoms with Gasteiger partial charge in [-0.1, -0.05) is 24.3 Å². The van der Waals surface area contributed by atoms with E-state index in [4.69, 9.17) is 10.5 Å². The van der Waals surface area contributed by atoms with E-state index in [-0.39, 0.29) is 16.5 Å². The second-order valence-corrected chi connectivity index (χ2v) is 9.99. The van der Waals surface area contributed by atoms with Gasteiger partial charge in [0.15, 0.2) is 0 Å². The van der Waals surface area contributed by atoms with E-state index >= 15 is 0 Å². The molecule has 0 amide bonds. The Morgan fingerprint density at radius 1 is 0.971 bits per heavy atom. The molecular weight excluding hydrogens is 518 g/mol. The number of ether oxygens (including phenoxy) is 1. The third-order valence-corrected chi connectivity index (χ3v) is 7.33. The number of sulfonamides is 1. The highest BCUT2D eigenvalue weighted by molar-refractivity contribution is 9.10. The number of fused-ring (bicyclic) bond motifs is 2. The summed E-state index contributed by atoms with van der Waals surface area (Å²) in [5.74, 6) is 0.560. The summed E-state index contributed by atoms with van der Waals surface area (Å²) >= 11 is 3.40. The van der Waals surface area contributed by atoms with Crippen molar-refractivity contribution in [1.82, 2.24) is 15.0 Å². The number of nitrogen functional groups attached to an aromatic ring is 1. The SMILES string of the molecule is COc1ncc(-c2ccc3nc(N)c(Br)cc3c2)cc1NS(=O)(=O)c1cccc2cccnc12. The van der Waals surface area contributed by atoms with E-state index < -0.39 is 10.0 Å². The molecule has 3 N–H and O–H groups in total. The molecule has 0 unspecified atom stereocenters. The fourth-order valence-electron chi connectivity index (χ4n) is 3.68. The largest absolute Gasteiger partial charge is 0.480 e. The van der Waals surface area contributed by atoms with Crippen LogP contribution in [0.5, 0.6) is 5.88 Å². The summed E-state index contributed by atoms with van der Waals surface area (Å²) in [6.07, 6.45) is 3.18. The molecule has 0 spiro atoms. The lowest BCUT2D eigenvalue weighted by Gasteiger charge is -2.14. The Balaban J connectivity index is 1.57. The molecule has 8 nitrogen and oxygen atoms in total. The third kappa shape index (κ3) is 4.02. The van der Waals surface area contributed by atoms with Crippen molar-refractivity contribution >= 4 is 59.3 Å². The van der Waals surface area contributed by atoms with E-state index in [1.807, 2.05) is 36.4 Å². The van der Waals surface area contributed by atoms with Gasteiger partial charge >= 0.3 is 0 Å². The molecule has 0 saturated carbocycles. The quantitative estimate of drug-likeness (QED) is 0.324. The molecular formula is C24H18BrN5O3S. The maximum atomic E-state index is 13.3. The number of benzene rings is 2. The van der Waals surface area contributed by atoms with Crippen LogP contribution in [0.2, 0.25) is 0 Å². The number of halogens is 1.